The van der Waals surface area contributed by atoms with Gasteiger partial charge in [-0.3, -0.25) is 9.69 Å². The van der Waals surface area contributed by atoms with Crippen LogP contribution >= 0.6 is 0 Å². The molecule has 3 amide bonds. The van der Waals surface area contributed by atoms with Crippen molar-refractivity contribution < 1.29 is 9.59 Å². The van der Waals surface area contributed by atoms with Crippen molar-refractivity contribution in [3.05, 3.63) is 0 Å². The molecule has 17 heavy (non-hydrogen) atoms. The standard InChI is InChI=1S/C13H24N2O2/c1-4-7-9-10(8-5-2)15-12(16)11(6-3)14-13(15)17/h10-11H,4-9H2,1-3H3,(H,14,17)/t10?,11-/m1/s1. The Balaban J connectivity index is 2.71. The lowest BCUT2D eigenvalue weighted by molar-refractivity contribution is -0.129. The zero-order valence-corrected chi connectivity index (χ0v) is 11.2. The molecule has 0 spiro atoms. The second-order valence-electron chi connectivity index (χ2n) is 4.70. The predicted octanol–water partition coefficient (Wildman–Crippen LogP) is 2.68. The summed E-state index contributed by atoms with van der Waals surface area (Å²) in [6, 6.07) is -0.413. The molecule has 0 aliphatic carbocycles. The van der Waals surface area contributed by atoms with Gasteiger partial charge >= 0.3 is 6.03 Å². The van der Waals surface area contributed by atoms with E-state index >= 15 is 0 Å². The summed E-state index contributed by atoms with van der Waals surface area (Å²) in [5.41, 5.74) is 0. The van der Waals surface area contributed by atoms with Crippen molar-refractivity contribution in [3.8, 4) is 0 Å². The van der Waals surface area contributed by atoms with E-state index in [1.165, 1.54) is 4.90 Å². The maximum atomic E-state index is 12.1. The van der Waals surface area contributed by atoms with E-state index in [4.69, 9.17) is 0 Å². The minimum Gasteiger partial charge on any atom is -0.326 e. The number of carbonyl (C=O) groups excluding carboxylic acids is 2. The summed E-state index contributed by atoms with van der Waals surface area (Å²) < 4.78 is 0. The van der Waals surface area contributed by atoms with Gasteiger partial charge in [0.15, 0.2) is 0 Å². The number of urea groups is 1. The number of rotatable bonds is 7. The first-order valence-electron chi connectivity index (χ1n) is 6.79. The number of nitrogens with zero attached hydrogens (tertiary/aromatic N) is 1. The molecule has 1 N–H and O–H groups in total. The van der Waals surface area contributed by atoms with E-state index in [2.05, 4.69) is 19.2 Å². The van der Waals surface area contributed by atoms with Crippen LogP contribution in [-0.2, 0) is 4.79 Å². The van der Waals surface area contributed by atoms with E-state index in [0.29, 0.717) is 6.42 Å². The topological polar surface area (TPSA) is 49.4 Å². The molecule has 1 unspecified atom stereocenters. The molecule has 0 radical (unpaired) electrons. The molecule has 0 aromatic carbocycles. The summed E-state index contributed by atoms with van der Waals surface area (Å²) in [7, 11) is 0. The van der Waals surface area contributed by atoms with Gasteiger partial charge in [0.1, 0.15) is 6.04 Å². The number of carbonyl (C=O) groups is 2. The molecule has 2 atom stereocenters. The monoisotopic (exact) mass is 240 g/mol. The van der Waals surface area contributed by atoms with E-state index in [1.54, 1.807) is 0 Å². The highest BCUT2D eigenvalue weighted by Gasteiger charge is 2.40. The van der Waals surface area contributed by atoms with Gasteiger partial charge in [0.2, 0.25) is 0 Å². The summed E-state index contributed by atoms with van der Waals surface area (Å²) in [4.78, 5) is 25.4. The fourth-order valence-electron chi connectivity index (χ4n) is 2.35. The smallest absolute Gasteiger partial charge is 0.325 e. The zero-order chi connectivity index (χ0) is 12.8. The lowest BCUT2D eigenvalue weighted by Gasteiger charge is -2.25. The molecule has 1 aliphatic rings. The minimum atomic E-state index is -0.302. The lowest BCUT2D eigenvalue weighted by Crippen LogP contribution is -2.40. The first-order valence-corrected chi connectivity index (χ1v) is 6.79. The number of nitrogens with one attached hydrogen (secondary N) is 1. The Morgan fingerprint density at radius 1 is 1.18 bits per heavy atom. The molecule has 4 heteroatoms. The van der Waals surface area contributed by atoms with Crippen LogP contribution in [0, 0.1) is 0 Å². The van der Waals surface area contributed by atoms with E-state index in [1.807, 2.05) is 6.92 Å². The van der Waals surface area contributed by atoms with Gasteiger partial charge in [0, 0.05) is 6.04 Å². The molecule has 98 valence electrons. The Labute approximate surface area is 104 Å². The van der Waals surface area contributed by atoms with Crippen LogP contribution in [0.1, 0.15) is 59.3 Å². The van der Waals surface area contributed by atoms with E-state index < -0.39 is 0 Å². The highest BCUT2D eigenvalue weighted by Crippen LogP contribution is 2.20. The van der Waals surface area contributed by atoms with Crippen molar-refractivity contribution in [2.24, 2.45) is 0 Å². The van der Waals surface area contributed by atoms with Gasteiger partial charge in [-0.05, 0) is 19.3 Å². The van der Waals surface area contributed by atoms with Crippen LogP contribution < -0.4 is 5.32 Å². The molecule has 1 aliphatic heterocycles. The van der Waals surface area contributed by atoms with Crippen molar-refractivity contribution in [3.63, 3.8) is 0 Å². The fourth-order valence-corrected chi connectivity index (χ4v) is 2.35. The Morgan fingerprint density at radius 3 is 2.35 bits per heavy atom. The maximum Gasteiger partial charge on any atom is 0.325 e. The Kier molecular flexibility index (Phi) is 5.45. The first-order chi connectivity index (χ1) is 8.15. The van der Waals surface area contributed by atoms with Gasteiger partial charge < -0.3 is 5.32 Å². The quantitative estimate of drug-likeness (QED) is 0.695. The van der Waals surface area contributed by atoms with Crippen LogP contribution in [0.3, 0.4) is 0 Å². The normalized spacial score (nSPS) is 21.8. The molecule has 0 saturated carbocycles. The Morgan fingerprint density at radius 2 is 1.88 bits per heavy atom. The van der Waals surface area contributed by atoms with Crippen molar-refractivity contribution >= 4 is 11.9 Å². The fraction of sp³-hybridized carbons (Fsp3) is 0.846. The number of hydrogen-bond donors (Lipinski definition) is 1. The lowest BCUT2D eigenvalue weighted by atomic mass is 10.0. The Bertz CT molecular complexity index is 279. The summed E-state index contributed by atoms with van der Waals surface area (Å²) in [5.74, 6) is -0.0351. The molecule has 1 saturated heterocycles. The molecule has 0 aromatic rings. The molecule has 1 rings (SSSR count). The van der Waals surface area contributed by atoms with Crippen LogP contribution in [0.5, 0.6) is 0 Å². The third kappa shape index (κ3) is 3.20. The summed E-state index contributed by atoms with van der Waals surface area (Å²) in [5, 5.41) is 2.76. The van der Waals surface area contributed by atoms with Gasteiger partial charge in [-0.25, -0.2) is 4.79 Å². The van der Waals surface area contributed by atoms with Gasteiger partial charge in [0.25, 0.3) is 5.91 Å². The average molecular weight is 240 g/mol. The second kappa shape index (κ2) is 6.62. The predicted molar refractivity (Wildman–Crippen MR) is 67.7 cm³/mol. The molecule has 1 fully saturated rings. The van der Waals surface area contributed by atoms with Crippen molar-refractivity contribution in [1.82, 2.24) is 10.2 Å². The molecular weight excluding hydrogens is 216 g/mol. The Hall–Kier alpha value is -1.06. The van der Waals surface area contributed by atoms with Crippen molar-refractivity contribution in [2.75, 3.05) is 0 Å². The number of unbranched alkanes of at least 4 members (excludes halogenated alkanes) is 1. The third-order valence-corrected chi connectivity index (χ3v) is 3.34. The third-order valence-electron chi connectivity index (χ3n) is 3.34. The summed E-state index contributed by atoms with van der Waals surface area (Å²) in [6.45, 7) is 6.14. The van der Waals surface area contributed by atoms with Crippen LogP contribution in [0.2, 0.25) is 0 Å². The van der Waals surface area contributed by atoms with Crippen LogP contribution in [0.25, 0.3) is 0 Å². The first kappa shape index (κ1) is 14.0. The van der Waals surface area contributed by atoms with Crippen molar-refractivity contribution in [1.29, 1.82) is 0 Å². The minimum absolute atomic E-state index is 0.0351. The maximum absolute atomic E-state index is 12.1. The molecule has 4 nitrogen and oxygen atoms in total. The van der Waals surface area contributed by atoms with E-state index in [9.17, 15) is 9.59 Å². The van der Waals surface area contributed by atoms with Crippen molar-refractivity contribution in [2.45, 2.75) is 71.4 Å². The summed E-state index contributed by atoms with van der Waals surface area (Å²) >= 11 is 0. The number of imide groups is 1. The van der Waals surface area contributed by atoms with Gasteiger partial charge in [-0.2, -0.15) is 0 Å². The highest BCUT2D eigenvalue weighted by atomic mass is 16.2. The van der Waals surface area contributed by atoms with Crippen LogP contribution in [0.15, 0.2) is 0 Å². The van der Waals surface area contributed by atoms with Crippen LogP contribution in [0.4, 0.5) is 4.79 Å². The van der Waals surface area contributed by atoms with E-state index in [0.717, 1.165) is 32.1 Å². The second-order valence-corrected chi connectivity index (χ2v) is 4.70. The van der Waals surface area contributed by atoms with Gasteiger partial charge in [-0.15, -0.1) is 0 Å². The molecule has 0 bridgehead atoms. The molecule has 0 aromatic heterocycles. The van der Waals surface area contributed by atoms with Gasteiger partial charge in [-0.1, -0.05) is 40.0 Å². The SMILES string of the molecule is CCCCC(CCC)N1C(=O)N[C@H](CC)C1=O. The number of amides is 3. The summed E-state index contributed by atoms with van der Waals surface area (Å²) in [6.07, 6.45) is 5.69. The van der Waals surface area contributed by atoms with Crippen LogP contribution in [-0.4, -0.2) is 28.9 Å². The largest absolute Gasteiger partial charge is 0.326 e. The van der Waals surface area contributed by atoms with E-state index in [-0.39, 0.29) is 24.0 Å². The molecule has 1 heterocycles. The molecular formula is C13H24N2O2. The van der Waals surface area contributed by atoms with Gasteiger partial charge in [0.05, 0.1) is 0 Å². The number of hydrogen-bond acceptors (Lipinski definition) is 2. The average Bonchev–Trinajstić information content (AvgIpc) is 2.60. The zero-order valence-electron chi connectivity index (χ0n) is 11.2. The highest BCUT2D eigenvalue weighted by molar-refractivity contribution is 6.04.